The van der Waals surface area contributed by atoms with E-state index in [1.807, 2.05) is 41.5 Å². The van der Waals surface area contributed by atoms with Crippen molar-refractivity contribution in [2.24, 2.45) is 17.2 Å². The molecule has 2 aliphatic heterocycles. The molecule has 0 spiro atoms. The number of carbonyl (C=O) groups excluding carboxylic acids is 11. The van der Waals surface area contributed by atoms with Gasteiger partial charge in [-0.05, 0) is 158 Å². The lowest BCUT2D eigenvalue weighted by atomic mass is 10.1. The Hall–Kier alpha value is -3.31. The molecule has 2 rings (SSSR count). The number of carbonyl (C=O) groups is 11. The maximum Gasteiger partial charge on any atom is 0.320 e. The second-order valence-electron chi connectivity index (χ2n) is 18.7. The number of unbranched alkanes of at least 4 members (excludes halogenated alkanes) is 2. The minimum absolute atomic E-state index is 0. The SMILES string of the molecule is C.C.C.CC(C)(C)OC(=O)CN[C@@H](CCCCNC(=O)CCN1C(=O)C=CC1=O)C(=O)P=S.CC(C)(C)OC(=O)CP=S.CC(C)(C)OC(=O)CP=S.CN.NCN[C@@H](CCCCNC(=O)CCN1C(=O)C=CC1=O)C(N)=O.S=PP=S. The summed E-state index contributed by atoms with van der Waals surface area (Å²) in [6.45, 7) is 17.4. The predicted molar refractivity (Wildman–Crippen MR) is 346 cm³/mol. The van der Waals surface area contributed by atoms with Crippen LogP contribution in [-0.4, -0.2) is 162 Å². The Morgan fingerprint density at radius 1 is 0.549 bits per heavy atom. The second-order valence-corrected chi connectivity index (χ2v) is 26.9. The van der Waals surface area contributed by atoms with Gasteiger partial charge in [0.05, 0.1) is 38.3 Å². The Labute approximate surface area is 519 Å². The van der Waals surface area contributed by atoms with E-state index in [4.69, 9.17) is 37.5 Å². The van der Waals surface area contributed by atoms with Crippen molar-refractivity contribution >= 4 is 160 Å². The van der Waals surface area contributed by atoms with Crippen LogP contribution in [0.5, 0.6) is 0 Å². The molecule has 0 saturated heterocycles. The Balaban J connectivity index is -0.000000190. The molecule has 33 heteroatoms. The smallest absolute Gasteiger partial charge is 0.320 e. The minimum atomic E-state index is -0.599. The number of nitrogens with two attached hydrogens (primary N) is 3. The van der Waals surface area contributed by atoms with Gasteiger partial charge in [-0.2, -0.15) is 0 Å². The van der Waals surface area contributed by atoms with Gasteiger partial charge in [0.2, 0.25) is 23.2 Å². The average molecular weight is 1340 g/mol. The van der Waals surface area contributed by atoms with Crippen molar-refractivity contribution in [3.05, 3.63) is 24.3 Å². The Morgan fingerprint density at radius 3 is 1.16 bits per heavy atom. The topological polar surface area (TPSA) is 348 Å². The fourth-order valence-corrected chi connectivity index (χ4v) is 7.31. The summed E-state index contributed by atoms with van der Waals surface area (Å²) in [5.74, 6) is -3.45. The van der Waals surface area contributed by atoms with Crippen molar-refractivity contribution < 1.29 is 67.0 Å². The number of esters is 3. The number of ether oxygens (including phenoxy) is 3. The van der Waals surface area contributed by atoms with Crippen molar-refractivity contribution in [3.63, 3.8) is 0 Å². The van der Waals surface area contributed by atoms with Gasteiger partial charge in [-0.1, -0.05) is 45.9 Å². The van der Waals surface area contributed by atoms with Crippen LogP contribution in [0.25, 0.3) is 0 Å². The normalized spacial score (nSPS) is 13.0. The Bertz CT molecular complexity index is 2040. The predicted octanol–water partition coefficient (Wildman–Crippen LogP) is 5.44. The summed E-state index contributed by atoms with van der Waals surface area (Å²) in [6, 6.07) is -1.01. The lowest BCUT2D eigenvalue weighted by Crippen LogP contribution is -2.43. The maximum absolute atomic E-state index is 12.0. The third-order valence-electron chi connectivity index (χ3n) is 8.68. The van der Waals surface area contributed by atoms with E-state index in [1.54, 1.807) is 20.8 Å². The van der Waals surface area contributed by atoms with Gasteiger partial charge in [0.1, 0.15) is 16.8 Å². The van der Waals surface area contributed by atoms with Gasteiger partial charge in [0.15, 0.2) is 0 Å². The lowest BCUT2D eigenvalue weighted by Gasteiger charge is -2.21. The molecule has 0 fully saturated rings. The van der Waals surface area contributed by atoms with Crippen LogP contribution < -0.4 is 38.5 Å². The first-order chi connectivity index (χ1) is 36.8. The molecule has 0 saturated carbocycles. The monoisotopic (exact) mass is 1340 g/mol. The zero-order valence-corrected chi connectivity index (χ0v) is 55.0. The molecule has 470 valence electrons. The first-order valence-corrected chi connectivity index (χ1v) is 34.8. The standard InChI is InChI=1S/C19H28N3O6PS.C14H23N5O4.2C6H11O2PS.CH5N.3CH4.P2S2/c1-19(2,3)28-17(26)12-21-13(18(27)29-30)6-4-5-10-20-14(23)9-11-22-15(24)7-8-16(22)25;15-9-18-10(14(16)23)3-1-2-7-17-11(20)6-8-19-12(21)4-5-13(19)22;2*1-6(2,3)8-5(7)4-9-10;1-2;;;;3-1-2-4/h7-8,13,21H,4-6,9-12H2,1-3H3,(H,20,23);4-5,10,18H,1-3,6-9,15H2,(H2,16,23)(H,17,20);2*4H2,1-3H3;2H2,1H3;3*1H4;/t13-;10-;;;;;;;/m00......./s1. The summed E-state index contributed by atoms with van der Waals surface area (Å²) in [5, 5.41) is 11.1. The summed E-state index contributed by atoms with van der Waals surface area (Å²) >= 11 is 22.8. The molecule has 2 atom stereocenters. The summed E-state index contributed by atoms with van der Waals surface area (Å²) < 4.78 is 15.1. The molecule has 0 bridgehead atoms. The van der Waals surface area contributed by atoms with Crippen molar-refractivity contribution in [2.45, 2.75) is 165 Å². The van der Waals surface area contributed by atoms with E-state index >= 15 is 0 Å². The van der Waals surface area contributed by atoms with Gasteiger partial charge in [0.25, 0.3) is 23.6 Å². The molecular formula is C49H90N9O14P5S5. The molecule has 0 radical (unpaired) electrons. The van der Waals surface area contributed by atoms with E-state index in [-0.39, 0.29) is 109 Å². The van der Waals surface area contributed by atoms with E-state index in [0.717, 1.165) is 23.9 Å². The van der Waals surface area contributed by atoms with Gasteiger partial charge in [-0.3, -0.25) is 73.2 Å². The summed E-state index contributed by atoms with van der Waals surface area (Å²) in [7, 11) is 4.72. The van der Waals surface area contributed by atoms with Crippen molar-refractivity contribution in [1.29, 1.82) is 0 Å². The quantitative estimate of drug-likeness (QED) is 0.0122. The highest BCUT2D eigenvalue weighted by molar-refractivity contribution is 8.40. The third-order valence-corrected chi connectivity index (χ3v) is 13.9. The Morgan fingerprint density at radius 2 is 0.878 bits per heavy atom. The van der Waals surface area contributed by atoms with Crippen LogP contribution in [0.1, 0.15) is 136 Å². The molecule has 2 heterocycles. The fraction of sp³-hybridized carbons (Fsp3) is 0.694. The van der Waals surface area contributed by atoms with E-state index in [2.05, 4.69) is 74.2 Å². The van der Waals surface area contributed by atoms with Crippen LogP contribution >= 0.6 is 36.2 Å². The minimum Gasteiger partial charge on any atom is -0.459 e. The van der Waals surface area contributed by atoms with Crippen LogP contribution in [-0.2, 0) is 126 Å². The van der Waals surface area contributed by atoms with Gasteiger partial charge < -0.3 is 42.0 Å². The number of hydrogen-bond acceptors (Lipinski definition) is 23. The van der Waals surface area contributed by atoms with Crippen molar-refractivity contribution in [2.75, 3.05) is 58.8 Å². The number of amides is 7. The average Bonchev–Trinajstić information content (AvgIpc) is 3.85. The molecule has 0 aromatic rings. The summed E-state index contributed by atoms with van der Waals surface area (Å²) in [6.07, 6.45) is 9.12. The van der Waals surface area contributed by atoms with Gasteiger partial charge in [-0.25, -0.2) is 0 Å². The third kappa shape index (κ3) is 55.9. The number of imide groups is 2. The van der Waals surface area contributed by atoms with E-state index in [0.29, 0.717) is 78.7 Å². The molecule has 0 aliphatic carbocycles. The Kier molecular flexibility index (Phi) is 61.3. The number of primary amides is 1. The molecule has 0 aromatic heterocycles. The number of rotatable bonds is 29. The van der Waals surface area contributed by atoms with Crippen LogP contribution in [0.15, 0.2) is 24.3 Å². The van der Waals surface area contributed by atoms with Crippen LogP contribution in [0, 0.1) is 0 Å². The van der Waals surface area contributed by atoms with E-state index in [9.17, 15) is 52.7 Å². The maximum atomic E-state index is 12.0. The highest BCUT2D eigenvalue weighted by Gasteiger charge is 2.25. The zero-order chi connectivity index (χ0) is 61.8. The molecule has 0 unspecified atom stereocenters. The van der Waals surface area contributed by atoms with Gasteiger partial charge in [-0.15, -0.1) is 0 Å². The number of nitrogens with zero attached hydrogens (tertiary/aromatic N) is 2. The van der Waals surface area contributed by atoms with Crippen LogP contribution in [0.4, 0.5) is 0 Å². The first-order valence-electron chi connectivity index (χ1n) is 24.2. The van der Waals surface area contributed by atoms with Gasteiger partial charge >= 0.3 is 17.9 Å². The van der Waals surface area contributed by atoms with Crippen molar-refractivity contribution in [3.8, 4) is 0 Å². The van der Waals surface area contributed by atoms with E-state index < -0.39 is 53.2 Å². The number of nitrogens with one attached hydrogen (secondary N) is 4. The first kappa shape index (κ1) is 92.4. The zero-order valence-electron chi connectivity index (χ0n) is 46.4. The highest BCUT2D eigenvalue weighted by Crippen LogP contribution is 2.13. The molecule has 2 aliphatic rings. The second kappa shape index (κ2) is 54.3. The van der Waals surface area contributed by atoms with E-state index in [1.165, 1.54) is 31.4 Å². The largest absolute Gasteiger partial charge is 0.459 e. The molecular weight excluding hydrogens is 1250 g/mol. The fourth-order valence-electron chi connectivity index (χ4n) is 5.61. The number of hydrogen-bond donors (Lipinski definition) is 7. The summed E-state index contributed by atoms with van der Waals surface area (Å²) in [4.78, 5) is 127. The summed E-state index contributed by atoms with van der Waals surface area (Å²) in [5.41, 5.74) is 13.5. The molecule has 10 N–H and O–H groups in total. The van der Waals surface area contributed by atoms with Crippen LogP contribution in [0.3, 0.4) is 0 Å². The lowest BCUT2D eigenvalue weighted by molar-refractivity contribution is -0.154. The highest BCUT2D eigenvalue weighted by atomic mass is 32.7. The van der Waals surface area contributed by atoms with Gasteiger partial charge in [0, 0.05) is 84.1 Å². The van der Waals surface area contributed by atoms with Crippen molar-refractivity contribution in [1.82, 2.24) is 31.1 Å². The molecule has 23 nitrogen and oxygen atoms in total. The van der Waals surface area contributed by atoms with Crippen LogP contribution in [0.2, 0.25) is 0 Å². The molecule has 7 amide bonds. The molecule has 0 aromatic carbocycles. The molecule has 82 heavy (non-hydrogen) atoms.